The number of carbonyl (C=O) groups is 2. The third kappa shape index (κ3) is 2.64. The number of hydrogen-bond donors (Lipinski definition) is 1. The van der Waals surface area contributed by atoms with Gasteiger partial charge in [0.05, 0.1) is 18.1 Å². The van der Waals surface area contributed by atoms with E-state index in [0.29, 0.717) is 12.0 Å². The maximum atomic E-state index is 12.5. The van der Waals surface area contributed by atoms with E-state index in [1.807, 2.05) is 6.92 Å². The summed E-state index contributed by atoms with van der Waals surface area (Å²) >= 11 is 0. The topological polar surface area (TPSA) is 82.1 Å². The molecule has 2 aliphatic heterocycles. The summed E-state index contributed by atoms with van der Waals surface area (Å²) in [6.07, 6.45) is 2.76. The van der Waals surface area contributed by atoms with Crippen LogP contribution in [0, 0.1) is 17.8 Å². The molecular weight excluding hydrogens is 336 g/mol. The van der Waals surface area contributed by atoms with Crippen LogP contribution >= 0.6 is 0 Å². The number of fused-ring (bicyclic) bond motifs is 3. The average Bonchev–Trinajstić information content (AvgIpc) is 3.23. The zero-order valence-corrected chi connectivity index (χ0v) is 14.6. The molecule has 6 heteroatoms. The highest BCUT2D eigenvalue weighted by atomic mass is 16.6. The molecule has 6 atom stereocenters. The maximum Gasteiger partial charge on any atom is 0.336 e. The number of aliphatic hydroxyl groups is 1. The van der Waals surface area contributed by atoms with Crippen LogP contribution in [0.15, 0.2) is 47.6 Å². The minimum atomic E-state index is -1.09. The van der Waals surface area contributed by atoms with E-state index in [-0.39, 0.29) is 24.0 Å². The van der Waals surface area contributed by atoms with E-state index >= 15 is 0 Å². The van der Waals surface area contributed by atoms with Crippen LogP contribution in [0.5, 0.6) is 0 Å². The van der Waals surface area contributed by atoms with Crippen LogP contribution in [0.3, 0.4) is 0 Å². The first-order valence-electron chi connectivity index (χ1n) is 8.82. The molecule has 2 aliphatic carbocycles. The summed E-state index contributed by atoms with van der Waals surface area (Å²) in [6, 6.07) is 0. The number of esters is 2. The first-order valence-corrected chi connectivity index (χ1v) is 8.82. The average molecular weight is 358 g/mol. The highest BCUT2D eigenvalue weighted by Gasteiger charge is 2.54. The minimum absolute atomic E-state index is 0.00519. The monoisotopic (exact) mass is 358 g/mol. The predicted octanol–water partition coefficient (Wildman–Crippen LogP) is 1.81. The standard InChI is InChI=1S/C20H22O6/c1-9-4-5-13-10(2)6-14(25-20(23)12-7-15(21)24-8-12)17-11(3)19(22)26-18(17)16(9)13/h4,7,13-18,21H,2-3,5-6,8H2,1H3. The second-order valence-electron chi connectivity index (χ2n) is 7.44. The van der Waals surface area contributed by atoms with Crippen molar-refractivity contribution in [3.8, 4) is 0 Å². The van der Waals surface area contributed by atoms with Gasteiger partial charge in [-0.1, -0.05) is 30.4 Å². The van der Waals surface area contributed by atoms with Crippen LogP contribution in [0.2, 0.25) is 0 Å². The number of carbonyl (C=O) groups excluding carboxylic acids is 2. The van der Waals surface area contributed by atoms with Gasteiger partial charge in [0, 0.05) is 17.9 Å². The molecule has 6 unspecified atom stereocenters. The number of aliphatic hydroxyl groups excluding tert-OH is 1. The molecule has 0 aromatic rings. The zero-order valence-electron chi connectivity index (χ0n) is 14.6. The summed E-state index contributed by atoms with van der Waals surface area (Å²) in [5.41, 5.74) is 2.79. The lowest BCUT2D eigenvalue weighted by Crippen LogP contribution is -2.36. The summed E-state index contributed by atoms with van der Waals surface area (Å²) in [5.74, 6) is -1.14. The van der Waals surface area contributed by atoms with Gasteiger partial charge < -0.3 is 19.3 Å². The number of rotatable bonds is 2. The van der Waals surface area contributed by atoms with Gasteiger partial charge in [0.1, 0.15) is 12.2 Å². The second kappa shape index (κ2) is 6.21. The molecule has 0 radical (unpaired) electrons. The third-order valence-electron chi connectivity index (χ3n) is 5.93. The van der Waals surface area contributed by atoms with Gasteiger partial charge in [-0.05, 0) is 25.3 Å². The molecule has 138 valence electrons. The Labute approximate surface area is 151 Å². The lowest BCUT2D eigenvalue weighted by atomic mass is 9.80. The van der Waals surface area contributed by atoms with E-state index in [4.69, 9.17) is 14.2 Å². The fourth-order valence-corrected chi connectivity index (χ4v) is 4.60. The SMILES string of the molecule is C=C1CC(OC(=O)C2=CC(O)OC2)C2C(=C)C(=O)OC2C2C(C)=CCC12. The van der Waals surface area contributed by atoms with Gasteiger partial charge in [-0.3, -0.25) is 0 Å². The van der Waals surface area contributed by atoms with E-state index in [1.54, 1.807) is 0 Å². The van der Waals surface area contributed by atoms with Crippen LogP contribution in [0.4, 0.5) is 0 Å². The number of allylic oxidation sites excluding steroid dienone is 1. The van der Waals surface area contributed by atoms with Crippen LogP contribution in [-0.4, -0.2) is 42.1 Å². The van der Waals surface area contributed by atoms with Crippen LogP contribution in [-0.2, 0) is 23.8 Å². The molecule has 0 aromatic carbocycles. The Balaban J connectivity index is 1.64. The summed E-state index contributed by atoms with van der Waals surface area (Å²) in [7, 11) is 0. The van der Waals surface area contributed by atoms with E-state index < -0.39 is 36.4 Å². The number of ether oxygens (including phenoxy) is 3. The predicted molar refractivity (Wildman–Crippen MR) is 91.5 cm³/mol. The first-order chi connectivity index (χ1) is 12.4. The summed E-state index contributed by atoms with van der Waals surface area (Å²) in [6.45, 7) is 10.2. The van der Waals surface area contributed by atoms with Crippen molar-refractivity contribution in [1.29, 1.82) is 0 Å². The molecule has 0 bridgehead atoms. The molecule has 0 spiro atoms. The first kappa shape index (κ1) is 17.2. The quantitative estimate of drug-likeness (QED) is 0.461. The van der Waals surface area contributed by atoms with Crippen molar-refractivity contribution < 1.29 is 28.9 Å². The lowest BCUT2D eigenvalue weighted by molar-refractivity contribution is -0.148. The van der Waals surface area contributed by atoms with Crippen molar-refractivity contribution >= 4 is 11.9 Å². The molecule has 0 amide bonds. The van der Waals surface area contributed by atoms with Crippen molar-refractivity contribution in [1.82, 2.24) is 0 Å². The molecule has 2 fully saturated rings. The Morgan fingerprint density at radius 2 is 2.12 bits per heavy atom. The van der Waals surface area contributed by atoms with Gasteiger partial charge in [0.25, 0.3) is 0 Å². The molecule has 6 nitrogen and oxygen atoms in total. The normalized spacial score (nSPS) is 38.9. The molecule has 26 heavy (non-hydrogen) atoms. The molecule has 2 heterocycles. The largest absolute Gasteiger partial charge is 0.458 e. The molecular formula is C20H22O6. The molecule has 0 aromatic heterocycles. The summed E-state index contributed by atoms with van der Waals surface area (Å²) in [5, 5.41) is 9.40. The Kier molecular flexibility index (Phi) is 4.12. The van der Waals surface area contributed by atoms with Gasteiger partial charge in [0.2, 0.25) is 0 Å². The fraction of sp³-hybridized carbons (Fsp3) is 0.500. The Bertz CT molecular complexity index is 760. The van der Waals surface area contributed by atoms with E-state index in [0.717, 1.165) is 12.0 Å². The van der Waals surface area contributed by atoms with Crippen LogP contribution < -0.4 is 0 Å². The summed E-state index contributed by atoms with van der Waals surface area (Å²) in [4.78, 5) is 24.7. The number of hydrogen-bond acceptors (Lipinski definition) is 6. The van der Waals surface area contributed by atoms with E-state index in [2.05, 4.69) is 19.2 Å². The third-order valence-corrected chi connectivity index (χ3v) is 5.93. The molecule has 4 rings (SSSR count). The zero-order chi connectivity index (χ0) is 18.6. The van der Waals surface area contributed by atoms with Crippen molar-refractivity contribution in [3.63, 3.8) is 0 Å². The Morgan fingerprint density at radius 3 is 2.81 bits per heavy atom. The van der Waals surface area contributed by atoms with Crippen LogP contribution in [0.25, 0.3) is 0 Å². The van der Waals surface area contributed by atoms with Crippen molar-refractivity contribution in [2.45, 2.75) is 38.3 Å². The highest BCUT2D eigenvalue weighted by molar-refractivity contribution is 5.92. The van der Waals surface area contributed by atoms with Gasteiger partial charge in [-0.15, -0.1) is 0 Å². The lowest BCUT2D eigenvalue weighted by Gasteiger charge is -2.28. The Hall–Kier alpha value is -2.18. The van der Waals surface area contributed by atoms with E-state index in [9.17, 15) is 14.7 Å². The van der Waals surface area contributed by atoms with Gasteiger partial charge in [-0.25, -0.2) is 9.59 Å². The highest BCUT2D eigenvalue weighted by Crippen LogP contribution is 2.51. The molecule has 1 saturated carbocycles. The van der Waals surface area contributed by atoms with Gasteiger partial charge in [-0.2, -0.15) is 0 Å². The molecule has 4 aliphatic rings. The van der Waals surface area contributed by atoms with Crippen molar-refractivity contribution in [2.75, 3.05) is 6.61 Å². The molecule has 1 saturated heterocycles. The summed E-state index contributed by atoms with van der Waals surface area (Å²) < 4.78 is 16.4. The minimum Gasteiger partial charge on any atom is -0.458 e. The fourth-order valence-electron chi connectivity index (χ4n) is 4.60. The smallest absolute Gasteiger partial charge is 0.336 e. The van der Waals surface area contributed by atoms with E-state index in [1.165, 1.54) is 11.6 Å². The second-order valence-corrected chi connectivity index (χ2v) is 7.44. The van der Waals surface area contributed by atoms with Crippen LogP contribution in [0.1, 0.15) is 19.8 Å². The van der Waals surface area contributed by atoms with Crippen molar-refractivity contribution in [3.05, 3.63) is 47.6 Å². The van der Waals surface area contributed by atoms with Crippen molar-refractivity contribution in [2.24, 2.45) is 17.8 Å². The maximum absolute atomic E-state index is 12.5. The Morgan fingerprint density at radius 1 is 1.35 bits per heavy atom. The molecule has 1 N–H and O–H groups in total. The van der Waals surface area contributed by atoms with Gasteiger partial charge >= 0.3 is 11.9 Å². The van der Waals surface area contributed by atoms with Gasteiger partial charge in [0.15, 0.2) is 6.29 Å².